The molecule has 0 aliphatic heterocycles. The molecular weight excluding hydrogens is 96.1 g/mol. The monoisotopic (exact) mass is 110 g/mol. The molecule has 0 saturated heterocycles. The van der Waals surface area contributed by atoms with Gasteiger partial charge in [0.1, 0.15) is 0 Å². The van der Waals surface area contributed by atoms with Gasteiger partial charge in [-0.3, -0.25) is 0 Å². The molecule has 46 valence electrons. The fourth-order valence-corrected chi connectivity index (χ4v) is 0.670. The van der Waals surface area contributed by atoms with Crippen LogP contribution >= 0.6 is 0 Å². The lowest BCUT2D eigenvalue weighted by Crippen LogP contribution is -1.83. The molecule has 1 atom stereocenters. The maximum atomic E-state index is 3.65. The normalized spacial score (nSPS) is 14.2. The Bertz CT molecular complexity index is 80.0. The minimum absolute atomic E-state index is 0.664. The van der Waals surface area contributed by atoms with Crippen LogP contribution in [0.4, 0.5) is 0 Å². The standard InChI is InChI=1S/C8H14/c1-4-6-8(3)7-5-2/h4-5,7-8H,1,6H2,2-3H3/b7-5+/t8-/m1/s1. The molecule has 0 aromatic heterocycles. The molecule has 0 fully saturated rings. The van der Waals surface area contributed by atoms with Crippen molar-refractivity contribution in [1.29, 1.82) is 0 Å². The molecule has 0 aromatic rings. The van der Waals surface area contributed by atoms with Crippen molar-refractivity contribution in [2.45, 2.75) is 20.3 Å². The molecule has 0 unspecified atom stereocenters. The molecule has 0 radical (unpaired) electrons. The molecule has 0 heterocycles. The quantitative estimate of drug-likeness (QED) is 0.490. The van der Waals surface area contributed by atoms with Gasteiger partial charge in [-0.05, 0) is 19.3 Å². The summed E-state index contributed by atoms with van der Waals surface area (Å²) in [5.74, 6) is 0.664. The van der Waals surface area contributed by atoms with Crippen LogP contribution in [0, 0.1) is 5.92 Å². The lowest BCUT2D eigenvalue weighted by molar-refractivity contribution is 0.744. The van der Waals surface area contributed by atoms with E-state index in [2.05, 4.69) is 25.7 Å². The highest BCUT2D eigenvalue weighted by Crippen LogP contribution is 2.02. The van der Waals surface area contributed by atoms with Gasteiger partial charge in [0.25, 0.3) is 0 Å². The van der Waals surface area contributed by atoms with Gasteiger partial charge in [0.2, 0.25) is 0 Å². The third-order valence-corrected chi connectivity index (χ3v) is 1.06. The largest absolute Gasteiger partial charge is 0.103 e. The van der Waals surface area contributed by atoms with Crippen molar-refractivity contribution >= 4 is 0 Å². The Balaban J connectivity index is 3.31. The average molecular weight is 110 g/mol. The number of rotatable bonds is 3. The summed E-state index contributed by atoms with van der Waals surface area (Å²) >= 11 is 0. The van der Waals surface area contributed by atoms with Crippen LogP contribution in [0.5, 0.6) is 0 Å². The van der Waals surface area contributed by atoms with Crippen LogP contribution in [0.3, 0.4) is 0 Å². The van der Waals surface area contributed by atoms with E-state index in [1.807, 2.05) is 13.0 Å². The molecule has 8 heavy (non-hydrogen) atoms. The SMILES string of the molecule is C=CC[C@@H](C)/C=C/C. The minimum atomic E-state index is 0.664. The third-order valence-electron chi connectivity index (χ3n) is 1.06. The third kappa shape index (κ3) is 3.66. The summed E-state index contributed by atoms with van der Waals surface area (Å²) in [6, 6.07) is 0. The maximum absolute atomic E-state index is 3.65. The first kappa shape index (κ1) is 7.48. The highest BCUT2D eigenvalue weighted by Gasteiger charge is 1.88. The van der Waals surface area contributed by atoms with Crippen LogP contribution in [-0.4, -0.2) is 0 Å². The molecule has 0 aliphatic carbocycles. The van der Waals surface area contributed by atoms with Gasteiger partial charge in [-0.2, -0.15) is 0 Å². The molecule has 0 heteroatoms. The van der Waals surface area contributed by atoms with E-state index in [1.54, 1.807) is 0 Å². The van der Waals surface area contributed by atoms with Crippen LogP contribution in [0.2, 0.25) is 0 Å². The average Bonchev–Trinajstić information content (AvgIpc) is 1.68. The Hall–Kier alpha value is -0.520. The van der Waals surface area contributed by atoms with Gasteiger partial charge in [0, 0.05) is 0 Å². The predicted molar refractivity (Wildman–Crippen MR) is 38.8 cm³/mol. The Morgan fingerprint density at radius 1 is 1.62 bits per heavy atom. The molecule has 0 saturated carbocycles. The topological polar surface area (TPSA) is 0 Å². The van der Waals surface area contributed by atoms with Crippen molar-refractivity contribution in [2.24, 2.45) is 5.92 Å². The molecule has 0 N–H and O–H groups in total. The number of hydrogen-bond acceptors (Lipinski definition) is 0. The summed E-state index contributed by atoms with van der Waals surface area (Å²) in [5, 5.41) is 0. The summed E-state index contributed by atoms with van der Waals surface area (Å²) in [5.41, 5.74) is 0. The van der Waals surface area contributed by atoms with E-state index in [0.29, 0.717) is 5.92 Å². The lowest BCUT2D eigenvalue weighted by atomic mass is 10.1. The van der Waals surface area contributed by atoms with Gasteiger partial charge in [-0.15, -0.1) is 6.58 Å². The zero-order valence-electron chi connectivity index (χ0n) is 5.72. The molecular formula is C8H14. The van der Waals surface area contributed by atoms with Gasteiger partial charge in [0.05, 0.1) is 0 Å². The van der Waals surface area contributed by atoms with E-state index in [4.69, 9.17) is 0 Å². The van der Waals surface area contributed by atoms with Crippen LogP contribution in [-0.2, 0) is 0 Å². The molecule has 0 nitrogen and oxygen atoms in total. The first-order chi connectivity index (χ1) is 3.81. The van der Waals surface area contributed by atoms with E-state index in [0.717, 1.165) is 6.42 Å². The molecule has 0 spiro atoms. The highest BCUT2D eigenvalue weighted by atomic mass is 13.9. The summed E-state index contributed by atoms with van der Waals surface area (Å²) in [4.78, 5) is 0. The lowest BCUT2D eigenvalue weighted by Gasteiger charge is -1.97. The second-order valence-corrected chi connectivity index (χ2v) is 2.03. The molecule has 0 aliphatic rings. The predicted octanol–water partition coefficient (Wildman–Crippen LogP) is 2.77. The number of hydrogen-bond donors (Lipinski definition) is 0. The van der Waals surface area contributed by atoms with Gasteiger partial charge < -0.3 is 0 Å². The second kappa shape index (κ2) is 4.63. The van der Waals surface area contributed by atoms with Gasteiger partial charge in [-0.1, -0.05) is 25.2 Å². The van der Waals surface area contributed by atoms with Crippen LogP contribution < -0.4 is 0 Å². The smallest absolute Gasteiger partial charge is 0.0228 e. The van der Waals surface area contributed by atoms with Crippen molar-refractivity contribution in [3.8, 4) is 0 Å². The first-order valence-electron chi connectivity index (χ1n) is 3.05. The Kier molecular flexibility index (Phi) is 4.33. The van der Waals surface area contributed by atoms with E-state index in [9.17, 15) is 0 Å². The van der Waals surface area contributed by atoms with Crippen molar-refractivity contribution in [1.82, 2.24) is 0 Å². The summed E-state index contributed by atoms with van der Waals surface area (Å²) < 4.78 is 0. The fraction of sp³-hybridized carbons (Fsp3) is 0.500. The van der Waals surface area contributed by atoms with E-state index < -0.39 is 0 Å². The van der Waals surface area contributed by atoms with Crippen molar-refractivity contribution in [3.63, 3.8) is 0 Å². The molecule has 0 bridgehead atoms. The second-order valence-electron chi connectivity index (χ2n) is 2.03. The molecule has 0 rings (SSSR count). The zero-order valence-corrected chi connectivity index (χ0v) is 5.72. The number of allylic oxidation sites excluding steroid dienone is 3. The van der Waals surface area contributed by atoms with Crippen molar-refractivity contribution in [3.05, 3.63) is 24.8 Å². The van der Waals surface area contributed by atoms with Crippen LogP contribution in [0.1, 0.15) is 20.3 Å². The minimum Gasteiger partial charge on any atom is -0.103 e. The van der Waals surface area contributed by atoms with E-state index in [-0.39, 0.29) is 0 Å². The Labute approximate surface area is 51.9 Å². The van der Waals surface area contributed by atoms with E-state index in [1.165, 1.54) is 0 Å². The zero-order chi connectivity index (χ0) is 6.41. The maximum Gasteiger partial charge on any atom is -0.0228 e. The fourth-order valence-electron chi connectivity index (χ4n) is 0.670. The molecule has 0 aromatic carbocycles. The summed E-state index contributed by atoms with van der Waals surface area (Å²) in [7, 11) is 0. The van der Waals surface area contributed by atoms with Crippen LogP contribution in [0.15, 0.2) is 24.8 Å². The van der Waals surface area contributed by atoms with E-state index >= 15 is 0 Å². The highest BCUT2D eigenvalue weighted by molar-refractivity contribution is 4.86. The van der Waals surface area contributed by atoms with Crippen molar-refractivity contribution in [2.75, 3.05) is 0 Å². The first-order valence-corrected chi connectivity index (χ1v) is 3.05. The summed E-state index contributed by atoms with van der Waals surface area (Å²) in [6.45, 7) is 7.87. The van der Waals surface area contributed by atoms with Gasteiger partial charge in [-0.25, -0.2) is 0 Å². The Morgan fingerprint density at radius 3 is 2.62 bits per heavy atom. The van der Waals surface area contributed by atoms with Gasteiger partial charge >= 0.3 is 0 Å². The van der Waals surface area contributed by atoms with Crippen LogP contribution in [0.25, 0.3) is 0 Å². The molecule has 0 amide bonds. The van der Waals surface area contributed by atoms with Gasteiger partial charge in [0.15, 0.2) is 0 Å². The Morgan fingerprint density at radius 2 is 2.25 bits per heavy atom. The van der Waals surface area contributed by atoms with Crippen molar-refractivity contribution < 1.29 is 0 Å². The summed E-state index contributed by atoms with van der Waals surface area (Å²) in [6.07, 6.45) is 7.30.